The minimum absolute atomic E-state index is 0.190. The molecule has 178 valence electrons. The number of sulfonamides is 1. The normalized spacial score (nSPS) is 15.7. The number of amides is 1. The highest BCUT2D eigenvalue weighted by atomic mass is 32.2. The van der Waals surface area contributed by atoms with E-state index in [1.165, 1.54) is 21.5 Å². The summed E-state index contributed by atoms with van der Waals surface area (Å²) in [5, 5.41) is 7.60. The summed E-state index contributed by atoms with van der Waals surface area (Å²) in [5.74, 6) is -0.0758. The first kappa shape index (κ1) is 23.9. The Morgan fingerprint density at radius 1 is 1.12 bits per heavy atom. The molecule has 2 aromatic carbocycles. The van der Waals surface area contributed by atoms with Gasteiger partial charge in [0, 0.05) is 43.0 Å². The quantitative estimate of drug-likeness (QED) is 0.503. The van der Waals surface area contributed by atoms with Crippen LogP contribution in [-0.4, -0.2) is 53.8 Å². The van der Waals surface area contributed by atoms with E-state index in [9.17, 15) is 13.2 Å². The first-order valence-electron chi connectivity index (χ1n) is 11.4. The van der Waals surface area contributed by atoms with Crippen LogP contribution in [0.4, 0.5) is 0 Å². The van der Waals surface area contributed by atoms with Crippen molar-refractivity contribution in [3.8, 4) is 11.3 Å². The molecular weight excluding hydrogens is 448 g/mol. The first-order valence-corrected chi connectivity index (χ1v) is 13.1. The van der Waals surface area contributed by atoms with E-state index >= 15 is 0 Å². The summed E-state index contributed by atoms with van der Waals surface area (Å²) in [4.78, 5) is 12.4. The van der Waals surface area contributed by atoms with Crippen molar-refractivity contribution in [1.29, 1.82) is 0 Å². The van der Waals surface area contributed by atoms with Gasteiger partial charge in [-0.15, -0.1) is 0 Å². The third-order valence-electron chi connectivity index (χ3n) is 6.04. The third-order valence-corrected chi connectivity index (χ3v) is 7.99. The molecule has 0 bridgehead atoms. The van der Waals surface area contributed by atoms with E-state index in [1.807, 2.05) is 35.1 Å². The highest BCUT2D eigenvalue weighted by Gasteiger charge is 2.27. The molecule has 1 amide bonds. The van der Waals surface area contributed by atoms with E-state index in [4.69, 9.17) is 5.10 Å². The van der Waals surface area contributed by atoms with Gasteiger partial charge in [-0.1, -0.05) is 42.5 Å². The van der Waals surface area contributed by atoms with Crippen molar-refractivity contribution < 1.29 is 13.2 Å². The van der Waals surface area contributed by atoms with Gasteiger partial charge in [0.1, 0.15) is 0 Å². The van der Waals surface area contributed by atoms with Crippen molar-refractivity contribution in [2.75, 3.05) is 25.4 Å². The second-order valence-corrected chi connectivity index (χ2v) is 10.7. The minimum atomic E-state index is -3.15. The second-order valence-electron chi connectivity index (χ2n) is 8.61. The van der Waals surface area contributed by atoms with Gasteiger partial charge in [-0.05, 0) is 49.1 Å². The third kappa shape index (κ3) is 5.81. The number of carbonyl (C=O) groups is 1. The highest BCUT2D eigenvalue weighted by Crippen LogP contribution is 2.26. The fourth-order valence-corrected chi connectivity index (χ4v) is 5.52. The van der Waals surface area contributed by atoms with Crippen molar-refractivity contribution in [3.63, 3.8) is 0 Å². The maximum Gasteiger partial charge on any atom is 0.244 e. The Labute approximate surface area is 201 Å². The number of rotatable bonds is 8. The Hall–Kier alpha value is -3.23. The van der Waals surface area contributed by atoms with E-state index in [1.54, 1.807) is 6.08 Å². The maximum atomic E-state index is 12.4. The first-order chi connectivity index (χ1) is 16.3. The minimum Gasteiger partial charge on any atom is -0.351 e. The van der Waals surface area contributed by atoms with Gasteiger partial charge in [-0.2, -0.15) is 5.10 Å². The summed E-state index contributed by atoms with van der Waals surface area (Å²) in [7, 11) is -3.15. The Morgan fingerprint density at radius 2 is 1.91 bits per heavy atom. The van der Waals surface area contributed by atoms with Crippen molar-refractivity contribution in [2.24, 2.45) is 0 Å². The molecule has 34 heavy (non-hydrogen) atoms. The van der Waals surface area contributed by atoms with E-state index in [2.05, 4.69) is 43.4 Å². The molecule has 8 heteroatoms. The SMILES string of the molecule is Cc1ccc(-c2nn(Cc3ccccc3)cc2C=CC(=O)NCCN2CCCS2(=O)=O)cc1C. The van der Waals surface area contributed by atoms with Crippen LogP contribution in [0.15, 0.2) is 60.8 Å². The summed E-state index contributed by atoms with van der Waals surface area (Å²) in [6.45, 7) is 5.87. The van der Waals surface area contributed by atoms with Gasteiger partial charge in [0.05, 0.1) is 18.0 Å². The van der Waals surface area contributed by atoms with Crippen LogP contribution in [0.3, 0.4) is 0 Å². The van der Waals surface area contributed by atoms with Crippen molar-refractivity contribution in [3.05, 3.63) is 83.1 Å². The molecule has 0 atom stereocenters. The molecule has 3 aromatic rings. The zero-order valence-electron chi connectivity index (χ0n) is 19.6. The zero-order chi connectivity index (χ0) is 24.1. The number of nitrogens with one attached hydrogen (secondary N) is 1. The Bertz CT molecular complexity index is 1300. The van der Waals surface area contributed by atoms with Crippen LogP contribution in [0.2, 0.25) is 0 Å². The van der Waals surface area contributed by atoms with Crippen molar-refractivity contribution in [1.82, 2.24) is 19.4 Å². The smallest absolute Gasteiger partial charge is 0.244 e. The highest BCUT2D eigenvalue weighted by molar-refractivity contribution is 7.89. The summed E-state index contributed by atoms with van der Waals surface area (Å²) in [6.07, 6.45) is 5.83. The molecule has 1 fully saturated rings. The zero-order valence-corrected chi connectivity index (χ0v) is 20.4. The number of nitrogens with zero attached hydrogens (tertiary/aromatic N) is 3. The lowest BCUT2D eigenvalue weighted by atomic mass is 10.0. The van der Waals surface area contributed by atoms with Crippen LogP contribution < -0.4 is 5.32 Å². The van der Waals surface area contributed by atoms with Crippen LogP contribution in [0, 0.1) is 13.8 Å². The lowest BCUT2D eigenvalue weighted by molar-refractivity contribution is -0.116. The van der Waals surface area contributed by atoms with Gasteiger partial charge in [0.15, 0.2) is 0 Å². The lowest BCUT2D eigenvalue weighted by Crippen LogP contribution is -2.35. The average molecular weight is 479 g/mol. The fraction of sp³-hybridized carbons (Fsp3) is 0.308. The van der Waals surface area contributed by atoms with Crippen LogP contribution >= 0.6 is 0 Å². The van der Waals surface area contributed by atoms with Crippen LogP contribution in [0.1, 0.15) is 28.7 Å². The monoisotopic (exact) mass is 478 g/mol. The Kier molecular flexibility index (Phi) is 7.29. The number of aromatic nitrogens is 2. The lowest BCUT2D eigenvalue weighted by Gasteiger charge is -2.13. The summed E-state index contributed by atoms with van der Waals surface area (Å²) in [5.41, 5.74) is 6.18. The molecule has 1 saturated heterocycles. The maximum absolute atomic E-state index is 12.4. The van der Waals surface area contributed by atoms with Crippen LogP contribution in [-0.2, 0) is 21.4 Å². The molecule has 0 radical (unpaired) electrons. The standard InChI is InChI=1S/C26H30N4O3S/c1-20-9-10-23(17-21(20)2)26-24(19-29(28-26)18-22-7-4-3-5-8-22)11-12-25(31)27-13-15-30-14-6-16-34(30,32)33/h3-5,7-12,17,19H,6,13-16,18H2,1-2H3,(H,27,31). The second kappa shape index (κ2) is 10.4. The summed E-state index contributed by atoms with van der Waals surface area (Å²) >= 11 is 0. The largest absolute Gasteiger partial charge is 0.351 e. The molecule has 7 nitrogen and oxygen atoms in total. The number of benzene rings is 2. The fourth-order valence-electron chi connectivity index (χ4n) is 3.99. The van der Waals surface area contributed by atoms with Crippen LogP contribution in [0.5, 0.6) is 0 Å². The molecule has 1 N–H and O–H groups in total. The van der Waals surface area contributed by atoms with Gasteiger partial charge < -0.3 is 5.32 Å². The number of hydrogen-bond acceptors (Lipinski definition) is 4. The number of aryl methyl sites for hydroxylation is 2. The van der Waals surface area contributed by atoms with Crippen LogP contribution in [0.25, 0.3) is 17.3 Å². The molecule has 1 aromatic heterocycles. The summed E-state index contributed by atoms with van der Waals surface area (Å²) < 4.78 is 27.1. The van der Waals surface area contributed by atoms with Gasteiger partial charge in [-0.25, -0.2) is 12.7 Å². The molecule has 2 heterocycles. The Morgan fingerprint density at radius 3 is 2.62 bits per heavy atom. The van der Waals surface area contributed by atoms with E-state index in [0.29, 0.717) is 26.1 Å². The van der Waals surface area contributed by atoms with E-state index in [0.717, 1.165) is 22.4 Å². The Balaban J connectivity index is 1.50. The van der Waals surface area contributed by atoms with Gasteiger partial charge in [0.25, 0.3) is 0 Å². The van der Waals surface area contributed by atoms with Gasteiger partial charge >= 0.3 is 0 Å². The molecule has 1 aliphatic rings. The molecule has 0 unspecified atom stereocenters. The van der Waals surface area contributed by atoms with E-state index in [-0.39, 0.29) is 18.2 Å². The van der Waals surface area contributed by atoms with Crippen molar-refractivity contribution >= 4 is 22.0 Å². The average Bonchev–Trinajstić information content (AvgIpc) is 3.37. The van der Waals surface area contributed by atoms with Gasteiger partial charge in [0.2, 0.25) is 15.9 Å². The molecule has 0 spiro atoms. The topological polar surface area (TPSA) is 84.3 Å². The molecule has 0 saturated carbocycles. The molecule has 0 aliphatic carbocycles. The van der Waals surface area contributed by atoms with Gasteiger partial charge in [-0.3, -0.25) is 9.48 Å². The van der Waals surface area contributed by atoms with E-state index < -0.39 is 10.0 Å². The predicted octanol–water partition coefficient (Wildman–Crippen LogP) is 3.38. The number of carbonyl (C=O) groups excluding carboxylic acids is 1. The number of hydrogen-bond donors (Lipinski definition) is 1. The molecular formula is C26H30N4O3S. The molecule has 4 rings (SSSR count). The van der Waals surface area contributed by atoms with Crippen molar-refractivity contribution in [2.45, 2.75) is 26.8 Å². The molecule has 1 aliphatic heterocycles. The predicted molar refractivity (Wildman–Crippen MR) is 135 cm³/mol. The summed E-state index contributed by atoms with van der Waals surface area (Å²) in [6, 6.07) is 16.3.